The highest BCUT2D eigenvalue weighted by Crippen LogP contribution is 2.28. The topological polar surface area (TPSA) is 70.7 Å². The van der Waals surface area contributed by atoms with Crippen molar-refractivity contribution < 1.29 is 14.3 Å². The first-order chi connectivity index (χ1) is 13.1. The summed E-state index contributed by atoms with van der Waals surface area (Å²) in [5.74, 6) is 0.168. The molecule has 2 aromatic carbocycles. The second-order valence-corrected chi connectivity index (χ2v) is 6.41. The van der Waals surface area contributed by atoms with Gasteiger partial charge < -0.3 is 15.4 Å². The lowest BCUT2D eigenvalue weighted by atomic mass is 10.0. The molecule has 6 heteroatoms. The Kier molecular flexibility index (Phi) is 6.08. The molecule has 6 nitrogen and oxygen atoms in total. The second kappa shape index (κ2) is 8.68. The minimum atomic E-state index is -0.190. The maximum Gasteiger partial charge on any atom is 0.262 e. The minimum Gasteiger partial charge on any atom is -0.482 e. The van der Waals surface area contributed by atoms with E-state index in [0.29, 0.717) is 23.5 Å². The van der Waals surface area contributed by atoms with Crippen LogP contribution in [0.3, 0.4) is 0 Å². The number of amides is 2. The molecule has 27 heavy (non-hydrogen) atoms. The Labute approximate surface area is 159 Å². The van der Waals surface area contributed by atoms with Gasteiger partial charge in [0.05, 0.1) is 11.7 Å². The number of nitrogens with zero attached hydrogens (tertiary/aromatic N) is 1. The van der Waals surface area contributed by atoms with E-state index in [4.69, 9.17) is 4.74 Å². The number of hydrogen-bond donors (Lipinski definition) is 2. The van der Waals surface area contributed by atoms with Gasteiger partial charge in [0.25, 0.3) is 11.8 Å². The highest BCUT2D eigenvalue weighted by molar-refractivity contribution is 5.99. The maximum atomic E-state index is 12.7. The van der Waals surface area contributed by atoms with Crippen LogP contribution < -0.4 is 15.4 Å². The molecule has 2 amide bonds. The van der Waals surface area contributed by atoms with Crippen LogP contribution in [-0.2, 0) is 4.79 Å². The van der Waals surface area contributed by atoms with Crippen LogP contribution in [0.1, 0.15) is 35.8 Å². The fourth-order valence-electron chi connectivity index (χ4n) is 3.30. The molecule has 0 fully saturated rings. The predicted molar refractivity (Wildman–Crippen MR) is 105 cm³/mol. The summed E-state index contributed by atoms with van der Waals surface area (Å²) < 4.78 is 5.39. The zero-order chi connectivity index (χ0) is 19.2. The van der Waals surface area contributed by atoms with E-state index in [1.807, 2.05) is 18.2 Å². The van der Waals surface area contributed by atoms with Crippen molar-refractivity contribution >= 4 is 17.5 Å². The van der Waals surface area contributed by atoms with Crippen LogP contribution in [0.4, 0.5) is 5.69 Å². The first-order valence-corrected chi connectivity index (χ1v) is 9.26. The Hall–Kier alpha value is -2.86. The van der Waals surface area contributed by atoms with Crippen molar-refractivity contribution in [3.05, 3.63) is 59.7 Å². The molecule has 0 saturated carbocycles. The molecule has 1 atom stereocenters. The second-order valence-electron chi connectivity index (χ2n) is 6.41. The molecule has 142 valence electrons. The van der Waals surface area contributed by atoms with E-state index < -0.39 is 0 Å². The lowest BCUT2D eigenvalue weighted by Crippen LogP contribution is -2.38. The number of nitrogens with one attached hydrogen (secondary N) is 2. The lowest BCUT2D eigenvalue weighted by Gasteiger charge is -2.30. The van der Waals surface area contributed by atoms with Gasteiger partial charge in [0.1, 0.15) is 5.75 Å². The third-order valence-corrected chi connectivity index (χ3v) is 4.77. The van der Waals surface area contributed by atoms with Gasteiger partial charge in [-0.1, -0.05) is 44.2 Å². The van der Waals surface area contributed by atoms with Crippen molar-refractivity contribution in [3.8, 4) is 5.75 Å². The molecule has 1 aliphatic rings. The Balaban J connectivity index is 1.71. The third-order valence-electron chi connectivity index (χ3n) is 4.77. The van der Waals surface area contributed by atoms with Gasteiger partial charge in [0.2, 0.25) is 0 Å². The average molecular weight is 367 g/mol. The van der Waals surface area contributed by atoms with Crippen molar-refractivity contribution in [3.63, 3.8) is 0 Å². The normalized spacial score (nSPS) is 14.1. The number of benzene rings is 2. The molecule has 0 aromatic heterocycles. The van der Waals surface area contributed by atoms with E-state index in [0.717, 1.165) is 13.1 Å². The Bertz CT molecular complexity index is 804. The summed E-state index contributed by atoms with van der Waals surface area (Å²) in [6.07, 6.45) is 0. The van der Waals surface area contributed by atoms with Gasteiger partial charge in [0.15, 0.2) is 6.61 Å². The van der Waals surface area contributed by atoms with Crippen molar-refractivity contribution in [2.45, 2.75) is 19.9 Å². The quantitative estimate of drug-likeness (QED) is 0.789. The molecule has 1 aliphatic heterocycles. The first kappa shape index (κ1) is 18.9. The van der Waals surface area contributed by atoms with Crippen molar-refractivity contribution in [1.29, 1.82) is 0 Å². The van der Waals surface area contributed by atoms with Crippen LogP contribution in [0, 0.1) is 0 Å². The van der Waals surface area contributed by atoms with E-state index in [-0.39, 0.29) is 24.5 Å². The molecule has 0 radical (unpaired) electrons. The van der Waals surface area contributed by atoms with Crippen molar-refractivity contribution in [2.24, 2.45) is 0 Å². The van der Waals surface area contributed by atoms with Crippen LogP contribution in [0.15, 0.2) is 48.5 Å². The first-order valence-electron chi connectivity index (χ1n) is 9.26. The fourth-order valence-corrected chi connectivity index (χ4v) is 3.30. The van der Waals surface area contributed by atoms with Crippen molar-refractivity contribution in [1.82, 2.24) is 10.2 Å². The molecule has 0 bridgehead atoms. The van der Waals surface area contributed by atoms with E-state index in [1.165, 1.54) is 5.56 Å². The van der Waals surface area contributed by atoms with Gasteiger partial charge in [-0.05, 0) is 36.9 Å². The van der Waals surface area contributed by atoms with Gasteiger partial charge in [-0.25, -0.2) is 0 Å². The molecule has 0 saturated heterocycles. The molecule has 1 heterocycles. The molecule has 0 spiro atoms. The van der Waals surface area contributed by atoms with E-state index in [1.54, 1.807) is 18.2 Å². The van der Waals surface area contributed by atoms with Gasteiger partial charge in [-0.15, -0.1) is 0 Å². The monoisotopic (exact) mass is 367 g/mol. The Morgan fingerprint density at radius 1 is 1.19 bits per heavy atom. The minimum absolute atomic E-state index is 0.0316. The van der Waals surface area contributed by atoms with Gasteiger partial charge in [-0.3, -0.25) is 14.5 Å². The molecule has 0 aliphatic carbocycles. The van der Waals surface area contributed by atoms with Crippen LogP contribution in [-0.4, -0.2) is 43.0 Å². The largest absolute Gasteiger partial charge is 0.482 e. The van der Waals surface area contributed by atoms with Gasteiger partial charge in [0, 0.05) is 12.1 Å². The molecular formula is C21H25N3O3. The zero-order valence-corrected chi connectivity index (χ0v) is 15.7. The summed E-state index contributed by atoms with van der Waals surface area (Å²) in [7, 11) is 0. The predicted octanol–water partition coefficient (Wildman–Crippen LogP) is 2.83. The van der Waals surface area contributed by atoms with Gasteiger partial charge >= 0.3 is 0 Å². The van der Waals surface area contributed by atoms with Crippen LogP contribution in [0.25, 0.3) is 0 Å². The SMILES string of the molecule is CCN(CC)C(CNC(=O)c1ccc2c(c1)OCC(=O)N2)c1ccccc1. The van der Waals surface area contributed by atoms with Crippen LogP contribution in [0.5, 0.6) is 5.75 Å². The van der Waals surface area contributed by atoms with Crippen LogP contribution in [0.2, 0.25) is 0 Å². The lowest BCUT2D eigenvalue weighted by molar-refractivity contribution is -0.118. The van der Waals surface area contributed by atoms with Crippen molar-refractivity contribution in [2.75, 3.05) is 31.6 Å². The number of carbonyl (C=O) groups is 2. The Morgan fingerprint density at radius 2 is 1.93 bits per heavy atom. The number of likely N-dealkylation sites (N-methyl/N-ethyl adjacent to an activating group) is 1. The smallest absolute Gasteiger partial charge is 0.262 e. The van der Waals surface area contributed by atoms with E-state index in [2.05, 4.69) is 41.5 Å². The number of rotatable bonds is 7. The van der Waals surface area contributed by atoms with E-state index >= 15 is 0 Å². The maximum absolute atomic E-state index is 12.7. The number of fused-ring (bicyclic) bond motifs is 1. The molecular weight excluding hydrogens is 342 g/mol. The summed E-state index contributed by atoms with van der Waals surface area (Å²) in [5, 5.41) is 5.76. The summed E-state index contributed by atoms with van der Waals surface area (Å²) >= 11 is 0. The van der Waals surface area contributed by atoms with Gasteiger partial charge in [-0.2, -0.15) is 0 Å². The summed E-state index contributed by atoms with van der Waals surface area (Å²) in [5.41, 5.74) is 2.28. The summed E-state index contributed by atoms with van der Waals surface area (Å²) in [6.45, 7) is 6.53. The summed E-state index contributed by atoms with van der Waals surface area (Å²) in [6, 6.07) is 15.4. The molecule has 3 rings (SSSR count). The summed E-state index contributed by atoms with van der Waals surface area (Å²) in [4.78, 5) is 26.3. The molecule has 1 unspecified atom stereocenters. The molecule has 2 aromatic rings. The number of carbonyl (C=O) groups excluding carboxylic acids is 2. The molecule has 2 N–H and O–H groups in total. The average Bonchev–Trinajstić information content (AvgIpc) is 2.71. The number of ether oxygens (including phenoxy) is 1. The number of anilines is 1. The highest BCUT2D eigenvalue weighted by atomic mass is 16.5. The highest BCUT2D eigenvalue weighted by Gasteiger charge is 2.21. The zero-order valence-electron chi connectivity index (χ0n) is 15.7. The standard InChI is InChI=1S/C21H25N3O3/c1-3-24(4-2)18(15-8-6-5-7-9-15)13-22-21(26)16-10-11-17-19(12-16)27-14-20(25)23-17/h5-12,18H,3-4,13-14H2,1-2H3,(H,22,26)(H,23,25). The fraction of sp³-hybridized carbons (Fsp3) is 0.333. The number of hydrogen-bond acceptors (Lipinski definition) is 4. The van der Waals surface area contributed by atoms with Crippen LogP contribution >= 0.6 is 0 Å². The third kappa shape index (κ3) is 4.46. The Morgan fingerprint density at radius 3 is 2.63 bits per heavy atom. The van der Waals surface area contributed by atoms with E-state index in [9.17, 15) is 9.59 Å².